The largest absolute Gasteiger partial charge is 0.284 e. The third-order valence-corrected chi connectivity index (χ3v) is 2.75. The highest BCUT2D eigenvalue weighted by Crippen LogP contribution is 2.17. The maximum atomic E-state index is 9.72. The average molecular weight is 268 g/mol. The second-order valence-electron chi connectivity index (χ2n) is 3.85. The molecule has 19 heavy (non-hydrogen) atoms. The summed E-state index contributed by atoms with van der Waals surface area (Å²) in [6.45, 7) is 0. The first kappa shape index (κ1) is 11.7. The molecule has 2 aliphatic rings. The maximum absolute atomic E-state index is 9.72. The summed E-state index contributed by atoms with van der Waals surface area (Å²) < 4.78 is 0. The predicted molar refractivity (Wildman–Crippen MR) is 72.4 cm³/mol. The summed E-state index contributed by atoms with van der Waals surface area (Å²) in [6, 6.07) is 5.37. The van der Waals surface area contributed by atoms with Gasteiger partial charge in [-0.2, -0.15) is 4.99 Å². The second-order valence-corrected chi connectivity index (χ2v) is 4.04. The summed E-state index contributed by atoms with van der Waals surface area (Å²) in [4.78, 5) is 12.6. The van der Waals surface area contributed by atoms with E-state index in [1.165, 1.54) is 6.20 Å². The second kappa shape index (κ2) is 4.70. The zero-order valence-corrected chi connectivity index (χ0v) is 10.5. The molecule has 1 aromatic carbocycles. The number of isothiocyanates is 1. The molecule has 1 N–H and O–H groups in total. The highest BCUT2D eigenvalue weighted by molar-refractivity contribution is 7.78. The Balaban J connectivity index is 2.15. The number of thiocarbonyl (C=S) groups is 1. The van der Waals surface area contributed by atoms with Crippen LogP contribution in [0.2, 0.25) is 0 Å². The van der Waals surface area contributed by atoms with Crippen molar-refractivity contribution in [1.82, 2.24) is 5.06 Å². The Labute approximate surface area is 113 Å². The van der Waals surface area contributed by atoms with E-state index in [4.69, 9.17) is 0 Å². The summed E-state index contributed by atoms with van der Waals surface area (Å²) in [6.07, 6.45) is 6.80. The molecule has 92 valence electrons. The van der Waals surface area contributed by atoms with Crippen LogP contribution in [0.25, 0.3) is 0 Å². The lowest BCUT2D eigenvalue weighted by atomic mass is 10.3. The van der Waals surface area contributed by atoms with Gasteiger partial charge in [-0.15, -0.1) is 0 Å². The Morgan fingerprint density at radius 3 is 2.84 bits per heavy atom. The summed E-state index contributed by atoms with van der Waals surface area (Å²) in [7, 11) is 0. The van der Waals surface area contributed by atoms with Gasteiger partial charge in [-0.1, -0.05) is 6.08 Å². The number of aliphatic imine (C=N–C) groups is 1. The zero-order valence-electron chi connectivity index (χ0n) is 9.69. The quantitative estimate of drug-likeness (QED) is 0.622. The molecule has 0 saturated heterocycles. The van der Waals surface area contributed by atoms with E-state index in [9.17, 15) is 5.21 Å². The summed E-state index contributed by atoms with van der Waals surface area (Å²) in [5, 5.41) is 14.5. The maximum Gasteiger partial charge on any atom is 0.179 e. The van der Waals surface area contributed by atoms with E-state index < -0.39 is 0 Å². The fourth-order valence-corrected chi connectivity index (χ4v) is 1.90. The number of fused-ring (bicyclic) bond motifs is 1. The first-order valence-corrected chi connectivity index (χ1v) is 5.91. The van der Waals surface area contributed by atoms with Crippen molar-refractivity contribution < 1.29 is 5.21 Å². The molecule has 5 nitrogen and oxygen atoms in total. The van der Waals surface area contributed by atoms with E-state index in [1.807, 2.05) is 12.1 Å². The van der Waals surface area contributed by atoms with Gasteiger partial charge in [0.05, 0.1) is 21.6 Å². The molecule has 0 fully saturated rings. The lowest BCUT2D eigenvalue weighted by Gasteiger charge is -2.15. The van der Waals surface area contributed by atoms with E-state index in [-0.39, 0.29) is 0 Å². The Kier molecular flexibility index (Phi) is 2.89. The van der Waals surface area contributed by atoms with Crippen LogP contribution in [0.1, 0.15) is 0 Å². The van der Waals surface area contributed by atoms with Crippen LogP contribution in [0.4, 0.5) is 5.69 Å². The molecule has 2 heterocycles. The minimum atomic E-state index is 0.460. The predicted octanol–water partition coefficient (Wildman–Crippen LogP) is 1.62. The standard InChI is InChI=1S/C13H8N4OS/c18-17-6-2-1-3-12(17)13-15-10-5-4-9(14-8-19)7-11(10)16-13/h1-7,18H. The molecule has 0 spiro atoms. The number of benzene rings is 1. The van der Waals surface area contributed by atoms with Gasteiger partial charge in [-0.3, -0.25) is 5.21 Å². The van der Waals surface area contributed by atoms with Gasteiger partial charge in [0, 0.05) is 6.20 Å². The molecular weight excluding hydrogens is 260 g/mol. The molecule has 3 rings (SSSR count). The van der Waals surface area contributed by atoms with Crippen molar-refractivity contribution in [2.75, 3.05) is 0 Å². The lowest BCUT2D eigenvalue weighted by Crippen LogP contribution is -2.20. The van der Waals surface area contributed by atoms with Gasteiger partial charge in [0.25, 0.3) is 0 Å². The normalized spacial score (nSPS) is 19.5. The first-order chi connectivity index (χ1) is 9.28. The Bertz CT molecular complexity index is 800. The summed E-state index contributed by atoms with van der Waals surface area (Å²) in [5.41, 5.74) is 1.21. The van der Waals surface area contributed by atoms with Crippen LogP contribution in [0, 0.1) is 0 Å². The molecule has 6 heteroatoms. The van der Waals surface area contributed by atoms with Crippen LogP contribution >= 0.6 is 12.2 Å². The van der Waals surface area contributed by atoms with Crippen molar-refractivity contribution in [3.05, 3.63) is 64.9 Å². The van der Waals surface area contributed by atoms with Gasteiger partial charge in [0.2, 0.25) is 0 Å². The Morgan fingerprint density at radius 2 is 2.05 bits per heavy atom. The van der Waals surface area contributed by atoms with Crippen molar-refractivity contribution in [1.29, 1.82) is 0 Å². The highest BCUT2D eigenvalue weighted by atomic mass is 32.1. The van der Waals surface area contributed by atoms with Gasteiger partial charge in [-0.05, 0) is 42.6 Å². The van der Waals surface area contributed by atoms with Crippen molar-refractivity contribution in [2.45, 2.75) is 0 Å². The fourth-order valence-electron chi connectivity index (χ4n) is 1.80. The van der Waals surface area contributed by atoms with Gasteiger partial charge in [-0.25, -0.2) is 15.0 Å². The number of rotatable bonds is 1. The molecule has 0 atom stereocenters. The topological polar surface area (TPSA) is 60.5 Å². The average Bonchev–Trinajstić information content (AvgIpc) is 2.82. The first-order valence-electron chi connectivity index (χ1n) is 5.50. The molecule has 0 bridgehead atoms. The van der Waals surface area contributed by atoms with Crippen molar-refractivity contribution >= 4 is 23.1 Å². The number of allylic oxidation sites excluding steroid dienone is 3. The van der Waals surface area contributed by atoms with Crippen LogP contribution in [-0.4, -0.2) is 15.4 Å². The SMILES string of the molecule is ON1C=CC=CC1=C1N=c2ccc(N=C=S)cc2=N1. The van der Waals surface area contributed by atoms with E-state index in [2.05, 4.69) is 32.4 Å². The van der Waals surface area contributed by atoms with E-state index in [0.29, 0.717) is 22.6 Å². The third kappa shape index (κ3) is 2.15. The molecule has 0 aliphatic carbocycles. The molecule has 1 aromatic rings. The van der Waals surface area contributed by atoms with E-state index in [0.717, 1.165) is 10.4 Å². The lowest BCUT2D eigenvalue weighted by molar-refractivity contribution is -0.00153. The molecule has 0 saturated carbocycles. The van der Waals surface area contributed by atoms with Crippen LogP contribution in [0.5, 0.6) is 0 Å². The van der Waals surface area contributed by atoms with Gasteiger partial charge in [0.15, 0.2) is 5.82 Å². The smallest absolute Gasteiger partial charge is 0.179 e. The van der Waals surface area contributed by atoms with Gasteiger partial charge in [0.1, 0.15) is 5.70 Å². The Morgan fingerprint density at radius 1 is 1.21 bits per heavy atom. The molecule has 0 unspecified atom stereocenters. The Hall–Kier alpha value is -2.40. The molecule has 0 radical (unpaired) electrons. The van der Waals surface area contributed by atoms with Crippen molar-refractivity contribution in [3.63, 3.8) is 0 Å². The van der Waals surface area contributed by atoms with Crippen LogP contribution in [0.15, 0.2) is 69.1 Å². The number of hydrogen-bond acceptors (Lipinski definition) is 6. The minimum absolute atomic E-state index is 0.460. The number of nitrogens with zero attached hydrogens (tertiary/aromatic N) is 4. The number of hydrogen-bond donors (Lipinski definition) is 1. The van der Waals surface area contributed by atoms with Crippen molar-refractivity contribution in [2.24, 2.45) is 15.0 Å². The number of hydroxylamine groups is 2. The van der Waals surface area contributed by atoms with E-state index in [1.54, 1.807) is 24.3 Å². The van der Waals surface area contributed by atoms with Crippen LogP contribution in [-0.2, 0) is 0 Å². The zero-order chi connectivity index (χ0) is 13.2. The molecular formula is C13H8N4OS. The summed E-state index contributed by atoms with van der Waals surface area (Å²) in [5.74, 6) is 0.460. The summed E-state index contributed by atoms with van der Waals surface area (Å²) >= 11 is 4.57. The van der Waals surface area contributed by atoms with Crippen LogP contribution in [0.3, 0.4) is 0 Å². The van der Waals surface area contributed by atoms with Gasteiger partial charge >= 0.3 is 0 Å². The van der Waals surface area contributed by atoms with Crippen LogP contribution < -0.4 is 10.7 Å². The fraction of sp³-hybridized carbons (Fsp3) is 0. The monoisotopic (exact) mass is 268 g/mol. The molecule has 0 amide bonds. The molecule has 2 aliphatic heterocycles. The van der Waals surface area contributed by atoms with Crippen molar-refractivity contribution in [3.8, 4) is 0 Å². The third-order valence-electron chi connectivity index (χ3n) is 2.65. The minimum Gasteiger partial charge on any atom is -0.284 e. The highest BCUT2D eigenvalue weighted by Gasteiger charge is 2.13. The van der Waals surface area contributed by atoms with Gasteiger partial charge < -0.3 is 0 Å². The van der Waals surface area contributed by atoms with E-state index >= 15 is 0 Å². The molecule has 0 aromatic heterocycles.